The molecule has 0 saturated carbocycles. The van der Waals surface area contributed by atoms with Crippen molar-refractivity contribution in [2.24, 2.45) is 0 Å². The average molecular weight is 416 g/mol. The van der Waals surface area contributed by atoms with Crippen molar-refractivity contribution >= 4 is 11.9 Å². The molecule has 4 rings (SSSR count). The topological polar surface area (TPSA) is 83.6 Å². The van der Waals surface area contributed by atoms with E-state index in [9.17, 15) is 9.59 Å². The molecule has 9 nitrogen and oxygen atoms in total. The van der Waals surface area contributed by atoms with Crippen LogP contribution in [0.3, 0.4) is 0 Å². The zero-order chi connectivity index (χ0) is 21.3. The summed E-state index contributed by atoms with van der Waals surface area (Å²) in [4.78, 5) is 31.6. The third-order valence-corrected chi connectivity index (χ3v) is 5.93. The molecule has 0 aliphatic carbocycles. The van der Waals surface area contributed by atoms with Gasteiger partial charge in [0.15, 0.2) is 0 Å². The van der Waals surface area contributed by atoms with Crippen LogP contribution < -0.4 is 14.8 Å². The predicted molar refractivity (Wildman–Crippen MR) is 109 cm³/mol. The molecule has 3 amide bonds. The van der Waals surface area contributed by atoms with Crippen LogP contribution in [0.2, 0.25) is 0 Å². The van der Waals surface area contributed by atoms with Gasteiger partial charge in [-0.05, 0) is 17.7 Å². The molecular formula is C21H28N4O5. The highest BCUT2D eigenvalue weighted by molar-refractivity contribution is 6.01. The van der Waals surface area contributed by atoms with Crippen molar-refractivity contribution < 1.29 is 23.8 Å². The molecule has 3 heterocycles. The highest BCUT2D eigenvalue weighted by Gasteiger charge is 2.43. The third-order valence-electron chi connectivity index (χ3n) is 5.93. The Balaban J connectivity index is 1.59. The van der Waals surface area contributed by atoms with Gasteiger partial charge in [-0.2, -0.15) is 0 Å². The van der Waals surface area contributed by atoms with Gasteiger partial charge in [-0.3, -0.25) is 14.6 Å². The molecule has 3 aliphatic heterocycles. The minimum Gasteiger partial charge on any atom is -0.497 e. The second-order valence-electron chi connectivity index (χ2n) is 7.63. The van der Waals surface area contributed by atoms with Gasteiger partial charge in [-0.25, -0.2) is 4.79 Å². The number of methoxy groups -OCH3 is 2. The molecule has 0 aromatic heterocycles. The van der Waals surface area contributed by atoms with E-state index in [4.69, 9.17) is 14.2 Å². The van der Waals surface area contributed by atoms with Crippen LogP contribution in [0.15, 0.2) is 29.5 Å². The molecule has 1 aromatic rings. The lowest BCUT2D eigenvalue weighted by Gasteiger charge is -2.31. The average Bonchev–Trinajstić information content (AvgIpc) is 3.11. The van der Waals surface area contributed by atoms with Crippen LogP contribution >= 0.6 is 0 Å². The first kappa shape index (κ1) is 20.5. The fourth-order valence-electron chi connectivity index (χ4n) is 4.14. The van der Waals surface area contributed by atoms with Gasteiger partial charge in [0.05, 0.1) is 51.3 Å². The minimum atomic E-state index is -0.548. The number of rotatable bonds is 6. The van der Waals surface area contributed by atoms with Crippen LogP contribution in [0, 0.1) is 0 Å². The summed E-state index contributed by atoms with van der Waals surface area (Å²) in [7, 11) is 4.85. The van der Waals surface area contributed by atoms with Crippen LogP contribution in [0.25, 0.3) is 0 Å². The largest absolute Gasteiger partial charge is 0.497 e. The highest BCUT2D eigenvalue weighted by atomic mass is 16.5. The SMILES string of the molecule is COc1cc(OC)cc([C@H]2NC(=O)N(C)C3=C2C(=O)N(CCN2CCOCC2)C3)c1. The van der Waals surface area contributed by atoms with Crippen molar-refractivity contribution in [3.05, 3.63) is 35.0 Å². The van der Waals surface area contributed by atoms with Gasteiger partial charge in [0.2, 0.25) is 0 Å². The highest BCUT2D eigenvalue weighted by Crippen LogP contribution is 2.38. The second-order valence-corrected chi connectivity index (χ2v) is 7.63. The zero-order valence-electron chi connectivity index (χ0n) is 17.6. The Bertz CT molecular complexity index is 843. The van der Waals surface area contributed by atoms with Crippen molar-refractivity contribution in [2.75, 3.05) is 67.2 Å². The summed E-state index contributed by atoms with van der Waals surface area (Å²) in [6.07, 6.45) is 0. The zero-order valence-corrected chi connectivity index (χ0v) is 17.6. The van der Waals surface area contributed by atoms with Crippen LogP contribution in [0.5, 0.6) is 11.5 Å². The quantitative estimate of drug-likeness (QED) is 0.740. The van der Waals surface area contributed by atoms with E-state index < -0.39 is 6.04 Å². The van der Waals surface area contributed by atoms with Gasteiger partial charge in [-0.15, -0.1) is 0 Å². The van der Waals surface area contributed by atoms with E-state index in [-0.39, 0.29) is 11.9 Å². The minimum absolute atomic E-state index is 0.0445. The van der Waals surface area contributed by atoms with Crippen molar-refractivity contribution in [2.45, 2.75) is 6.04 Å². The van der Waals surface area contributed by atoms with Gasteiger partial charge in [0.25, 0.3) is 5.91 Å². The Labute approximate surface area is 176 Å². The number of nitrogens with one attached hydrogen (secondary N) is 1. The normalized spacial score (nSPS) is 22.3. The number of hydrogen-bond acceptors (Lipinski definition) is 6. The molecule has 9 heteroatoms. The number of carbonyl (C=O) groups is 2. The van der Waals surface area contributed by atoms with E-state index >= 15 is 0 Å². The summed E-state index contributed by atoms with van der Waals surface area (Å²) in [5, 5.41) is 2.96. The maximum Gasteiger partial charge on any atom is 0.322 e. The maximum atomic E-state index is 13.3. The van der Waals surface area contributed by atoms with Crippen LogP contribution in [-0.4, -0.2) is 93.8 Å². The molecule has 1 aromatic carbocycles. The third kappa shape index (κ3) is 3.82. The Morgan fingerprint density at radius 1 is 1.07 bits per heavy atom. The molecule has 162 valence electrons. The Hall–Kier alpha value is -2.78. The van der Waals surface area contributed by atoms with Crippen molar-refractivity contribution in [1.29, 1.82) is 0 Å². The van der Waals surface area contributed by atoms with Crippen LogP contribution in [-0.2, 0) is 9.53 Å². The van der Waals surface area contributed by atoms with Gasteiger partial charge in [0.1, 0.15) is 11.5 Å². The second kappa shape index (κ2) is 8.53. The number of hydrogen-bond donors (Lipinski definition) is 1. The summed E-state index contributed by atoms with van der Waals surface area (Å²) in [6, 6.07) is 4.64. The number of carbonyl (C=O) groups excluding carboxylic acids is 2. The lowest BCUT2D eigenvalue weighted by molar-refractivity contribution is -0.126. The number of ether oxygens (including phenoxy) is 3. The van der Waals surface area contributed by atoms with E-state index in [1.54, 1.807) is 27.3 Å². The van der Waals surface area contributed by atoms with E-state index in [0.717, 1.165) is 44.1 Å². The first-order chi connectivity index (χ1) is 14.5. The van der Waals surface area contributed by atoms with E-state index in [1.807, 2.05) is 17.0 Å². The lowest BCUT2D eigenvalue weighted by Crippen LogP contribution is -2.45. The molecule has 0 spiro atoms. The smallest absolute Gasteiger partial charge is 0.322 e. The van der Waals surface area contributed by atoms with E-state index in [2.05, 4.69) is 10.2 Å². The molecule has 0 bridgehead atoms. The fourth-order valence-corrected chi connectivity index (χ4v) is 4.14. The summed E-state index contributed by atoms with van der Waals surface area (Å²) < 4.78 is 16.1. The molecule has 1 fully saturated rings. The molecule has 1 N–H and O–H groups in total. The fraction of sp³-hybridized carbons (Fsp3) is 0.524. The molecule has 1 atom stereocenters. The Kier molecular flexibility index (Phi) is 5.83. The summed E-state index contributed by atoms with van der Waals surface area (Å²) in [5.74, 6) is 1.17. The monoisotopic (exact) mass is 416 g/mol. The van der Waals surface area contributed by atoms with Crippen molar-refractivity contribution in [3.63, 3.8) is 0 Å². The number of amides is 3. The number of morpholine rings is 1. The predicted octanol–water partition coefficient (Wildman–Crippen LogP) is 0.828. The number of likely N-dealkylation sites (N-methyl/N-ethyl adjacent to an activating group) is 1. The molecule has 0 unspecified atom stereocenters. The van der Waals surface area contributed by atoms with Crippen molar-refractivity contribution in [3.8, 4) is 11.5 Å². The number of urea groups is 1. The molecule has 30 heavy (non-hydrogen) atoms. The maximum absolute atomic E-state index is 13.3. The molecule has 1 saturated heterocycles. The molecule has 0 radical (unpaired) electrons. The summed E-state index contributed by atoms with van der Waals surface area (Å²) >= 11 is 0. The van der Waals surface area contributed by atoms with Crippen LogP contribution in [0.1, 0.15) is 11.6 Å². The number of nitrogens with zero attached hydrogens (tertiary/aromatic N) is 3. The first-order valence-corrected chi connectivity index (χ1v) is 10.1. The van der Waals surface area contributed by atoms with Gasteiger partial charge < -0.3 is 24.4 Å². The molecule has 3 aliphatic rings. The summed E-state index contributed by atoms with van der Waals surface area (Å²) in [6.45, 7) is 5.04. The lowest BCUT2D eigenvalue weighted by atomic mass is 9.95. The molecular weight excluding hydrogens is 388 g/mol. The standard InChI is InChI=1S/C21H28N4O5/c1-23-17-13-25(5-4-24-6-8-30-9-7-24)20(26)18(17)19(22-21(23)27)14-10-15(28-2)12-16(11-14)29-3/h10-12,19H,4-9,13H2,1-3H3,(H,22,27)/t19-/m1/s1. The Morgan fingerprint density at radius 2 is 1.73 bits per heavy atom. The van der Waals surface area contributed by atoms with Crippen LogP contribution in [0.4, 0.5) is 4.79 Å². The Morgan fingerprint density at radius 3 is 2.37 bits per heavy atom. The van der Waals surface area contributed by atoms with E-state index in [1.165, 1.54) is 4.90 Å². The van der Waals surface area contributed by atoms with Gasteiger partial charge in [0, 0.05) is 39.3 Å². The number of benzene rings is 1. The van der Waals surface area contributed by atoms with Crippen molar-refractivity contribution in [1.82, 2.24) is 20.0 Å². The van der Waals surface area contributed by atoms with E-state index in [0.29, 0.717) is 30.2 Å². The first-order valence-electron chi connectivity index (χ1n) is 10.1. The van der Waals surface area contributed by atoms with Gasteiger partial charge >= 0.3 is 6.03 Å². The van der Waals surface area contributed by atoms with Gasteiger partial charge in [-0.1, -0.05) is 0 Å². The summed E-state index contributed by atoms with van der Waals surface area (Å²) in [5.41, 5.74) is 2.11.